The maximum absolute atomic E-state index is 10.1. The molecule has 0 unspecified atom stereocenters. The van der Waals surface area contributed by atoms with Crippen molar-refractivity contribution in [2.45, 2.75) is 0 Å². The molecule has 0 rings (SSSR count). The number of amides is 3. The molecule has 0 aliphatic carbocycles. The van der Waals surface area contributed by atoms with E-state index in [9.17, 15) is 14.4 Å². The van der Waals surface area contributed by atoms with Gasteiger partial charge in [0.1, 0.15) is 0 Å². The zero-order valence-corrected chi connectivity index (χ0v) is 5.14. The van der Waals surface area contributed by atoms with Crippen LogP contribution in [0.2, 0.25) is 0 Å². The zero-order chi connectivity index (χ0) is 8.36. The minimum absolute atomic E-state index is 0.176. The molecule has 0 radical (unpaired) electrons. The highest BCUT2D eigenvalue weighted by Gasteiger charge is 2.41. The van der Waals surface area contributed by atoms with Crippen molar-refractivity contribution in [1.82, 2.24) is 0 Å². The van der Waals surface area contributed by atoms with Crippen LogP contribution in [0.5, 0.6) is 0 Å². The lowest BCUT2D eigenvalue weighted by molar-refractivity contribution is -0.673. The molecule has 56 valence electrons. The van der Waals surface area contributed by atoms with Gasteiger partial charge in [0.2, 0.25) is 0 Å². The fourth-order valence-corrected chi connectivity index (χ4v) is 0.172. The van der Waals surface area contributed by atoms with Gasteiger partial charge in [-0.1, -0.05) is 4.48 Å². The minimum Gasteiger partial charge on any atom is -0.435 e. The molecule has 6 heteroatoms. The highest BCUT2D eigenvalue weighted by atomic mass is 16.4. The van der Waals surface area contributed by atoms with Crippen molar-refractivity contribution in [3.05, 3.63) is 0 Å². The van der Waals surface area contributed by atoms with Gasteiger partial charge in [0, 0.05) is 0 Å². The minimum atomic E-state index is -1.72. The fraction of sp³-hybridized carbons (Fsp3) is 0.250. The maximum Gasteiger partial charge on any atom is 0.531 e. The first-order valence-electron chi connectivity index (χ1n) is 2.24. The molecule has 2 N–H and O–H groups in total. The van der Waals surface area contributed by atoms with Crippen LogP contribution >= 0.6 is 0 Å². The summed E-state index contributed by atoms with van der Waals surface area (Å²) in [6.45, 7) is 0. The van der Waals surface area contributed by atoms with Gasteiger partial charge in [0.05, 0.1) is 7.05 Å². The molecule has 0 aromatic heterocycles. The molecule has 0 fully saturated rings. The van der Waals surface area contributed by atoms with Crippen molar-refractivity contribution >= 4 is 18.6 Å². The highest BCUT2D eigenvalue weighted by Crippen LogP contribution is 1.98. The third-order valence-corrected chi connectivity index (χ3v) is 1.01. The summed E-state index contributed by atoms with van der Waals surface area (Å²) in [6.07, 6.45) is -3.62. The van der Waals surface area contributed by atoms with Crippen LogP contribution in [0.1, 0.15) is 0 Å². The van der Waals surface area contributed by atoms with Crippen LogP contribution < -0.4 is 0 Å². The first-order chi connectivity index (χ1) is 4.45. The van der Waals surface area contributed by atoms with Crippen LogP contribution in [-0.4, -0.2) is 40.3 Å². The van der Waals surface area contributed by atoms with Crippen molar-refractivity contribution < 1.29 is 29.1 Å². The summed E-state index contributed by atoms with van der Waals surface area (Å²) in [4.78, 5) is 30.0. The van der Waals surface area contributed by atoms with Crippen LogP contribution in [0.15, 0.2) is 0 Å². The summed E-state index contributed by atoms with van der Waals surface area (Å²) in [6, 6.07) is 0. The summed E-state index contributed by atoms with van der Waals surface area (Å²) < 4.78 is -1.67. The number of carboxylic acid groups (broad SMARTS) is 2. The van der Waals surface area contributed by atoms with Gasteiger partial charge in [-0.25, -0.2) is 4.79 Å². The van der Waals surface area contributed by atoms with E-state index < -0.39 is 16.7 Å². The van der Waals surface area contributed by atoms with Crippen molar-refractivity contribution in [3.8, 4) is 0 Å². The Labute approximate surface area is 55.9 Å². The van der Waals surface area contributed by atoms with Crippen molar-refractivity contribution in [2.24, 2.45) is 0 Å². The highest BCUT2D eigenvalue weighted by molar-refractivity contribution is 5.82. The average Bonchev–Trinajstić information content (AvgIpc) is 1.85. The Morgan fingerprint density at radius 3 is 1.60 bits per heavy atom. The van der Waals surface area contributed by atoms with Crippen LogP contribution in [0.25, 0.3) is 0 Å². The predicted octanol–water partition coefficient (Wildman–Crippen LogP) is -0.0546. The normalized spacial score (nSPS) is 10.5. The molecule has 0 saturated carbocycles. The Morgan fingerprint density at radius 2 is 1.60 bits per heavy atom. The van der Waals surface area contributed by atoms with Crippen LogP contribution in [0.3, 0.4) is 0 Å². The largest absolute Gasteiger partial charge is 0.531 e. The smallest absolute Gasteiger partial charge is 0.435 e. The van der Waals surface area contributed by atoms with Gasteiger partial charge >= 0.3 is 18.6 Å². The number of hydrogen-bond donors (Lipinski definition) is 2. The molecule has 0 aromatic rings. The molecule has 0 spiro atoms. The van der Waals surface area contributed by atoms with Crippen molar-refractivity contribution in [2.75, 3.05) is 7.05 Å². The van der Waals surface area contributed by atoms with E-state index in [0.29, 0.717) is 0 Å². The van der Waals surface area contributed by atoms with Crippen LogP contribution in [-0.2, 0) is 4.79 Å². The first-order valence-corrected chi connectivity index (χ1v) is 2.24. The SMILES string of the molecule is C[N+](C=O)(C(=O)O)C(=O)O. The van der Waals surface area contributed by atoms with Crippen molar-refractivity contribution in [1.29, 1.82) is 0 Å². The average molecular weight is 148 g/mol. The molecule has 0 bridgehead atoms. The number of quaternary nitrogens is 1. The monoisotopic (exact) mass is 148 g/mol. The number of nitrogens with zero attached hydrogens (tertiary/aromatic N) is 1. The van der Waals surface area contributed by atoms with Gasteiger partial charge in [0.15, 0.2) is 0 Å². The van der Waals surface area contributed by atoms with E-state index in [0.717, 1.165) is 7.05 Å². The van der Waals surface area contributed by atoms with Gasteiger partial charge in [-0.2, -0.15) is 9.59 Å². The molecule has 0 aliphatic rings. The zero-order valence-electron chi connectivity index (χ0n) is 5.14. The Hall–Kier alpha value is -1.43. The molecule has 3 amide bonds. The van der Waals surface area contributed by atoms with E-state index >= 15 is 0 Å². The lowest BCUT2D eigenvalue weighted by Crippen LogP contribution is -2.51. The fourth-order valence-electron chi connectivity index (χ4n) is 0.172. The summed E-state index contributed by atoms with van der Waals surface area (Å²) >= 11 is 0. The van der Waals surface area contributed by atoms with Crippen molar-refractivity contribution in [3.63, 3.8) is 0 Å². The van der Waals surface area contributed by atoms with Gasteiger partial charge in [-0.3, -0.25) is 0 Å². The van der Waals surface area contributed by atoms with Gasteiger partial charge < -0.3 is 10.2 Å². The third-order valence-electron chi connectivity index (χ3n) is 1.01. The number of imide groups is 3. The summed E-state index contributed by atoms with van der Waals surface area (Å²) in [7, 11) is 0.762. The van der Waals surface area contributed by atoms with E-state index in [1.54, 1.807) is 0 Å². The molecule has 0 aromatic carbocycles. The second kappa shape index (κ2) is 2.44. The van der Waals surface area contributed by atoms with E-state index in [-0.39, 0.29) is 6.41 Å². The van der Waals surface area contributed by atoms with E-state index in [1.165, 1.54) is 0 Å². The second-order valence-corrected chi connectivity index (χ2v) is 1.75. The molecule has 0 atom stereocenters. The van der Waals surface area contributed by atoms with E-state index in [1.807, 2.05) is 0 Å². The Bertz CT molecular complexity index is 172. The lowest BCUT2D eigenvalue weighted by atomic mass is 10.6. The van der Waals surface area contributed by atoms with Crippen LogP contribution in [0.4, 0.5) is 9.59 Å². The molecule has 0 saturated heterocycles. The number of carbonyl (C=O) groups excluding carboxylic acids is 1. The quantitative estimate of drug-likeness (QED) is 0.401. The molecule has 6 nitrogen and oxygen atoms in total. The Morgan fingerprint density at radius 1 is 1.30 bits per heavy atom. The van der Waals surface area contributed by atoms with Gasteiger partial charge in [-0.05, 0) is 0 Å². The Kier molecular flexibility index (Phi) is 2.09. The van der Waals surface area contributed by atoms with Crippen LogP contribution in [0, 0.1) is 0 Å². The molecular weight excluding hydrogens is 142 g/mol. The standard InChI is InChI=1S/C4H5NO5/c1-5(2-6,3(7)8)4(9)10/h2H,1H3,(H-,7,8,9,10)/p+1. The summed E-state index contributed by atoms with van der Waals surface area (Å²) in [5.41, 5.74) is 0. The number of rotatable bonds is 1. The maximum atomic E-state index is 10.1. The van der Waals surface area contributed by atoms with E-state index in [2.05, 4.69) is 0 Å². The Balaban J connectivity index is 4.72. The first kappa shape index (κ1) is 8.57. The topological polar surface area (TPSA) is 91.7 Å². The lowest BCUT2D eigenvalue weighted by Gasteiger charge is -2.11. The molecule has 0 aliphatic heterocycles. The summed E-state index contributed by atoms with van der Waals surface area (Å²) in [5.74, 6) is 0. The predicted molar refractivity (Wildman–Crippen MR) is 28.3 cm³/mol. The van der Waals surface area contributed by atoms with Gasteiger partial charge in [-0.15, -0.1) is 0 Å². The molecule has 10 heavy (non-hydrogen) atoms. The third kappa shape index (κ3) is 1.11. The number of hydrogen-bond acceptors (Lipinski definition) is 3. The molecular formula is C4H6NO5+. The van der Waals surface area contributed by atoms with E-state index in [4.69, 9.17) is 10.2 Å². The molecule has 0 heterocycles. The second-order valence-electron chi connectivity index (χ2n) is 1.75. The van der Waals surface area contributed by atoms with Gasteiger partial charge in [0.25, 0.3) is 0 Å². The summed E-state index contributed by atoms with van der Waals surface area (Å²) in [5, 5.41) is 16.3. The number of carbonyl (C=O) groups is 3.